The van der Waals surface area contributed by atoms with Crippen molar-refractivity contribution >= 4 is 17.6 Å². The van der Waals surface area contributed by atoms with Crippen LogP contribution in [0.3, 0.4) is 0 Å². The highest BCUT2D eigenvalue weighted by Crippen LogP contribution is 2.40. The molecule has 0 bridgehead atoms. The van der Waals surface area contributed by atoms with E-state index < -0.39 is 24.0 Å². The fourth-order valence-corrected chi connectivity index (χ4v) is 2.12. The van der Waals surface area contributed by atoms with Crippen molar-refractivity contribution in [2.75, 3.05) is 0 Å². The Labute approximate surface area is 104 Å². The van der Waals surface area contributed by atoms with E-state index in [-0.39, 0.29) is 0 Å². The van der Waals surface area contributed by atoms with E-state index in [1.807, 2.05) is 0 Å². The van der Waals surface area contributed by atoms with E-state index in [0.717, 1.165) is 0 Å². The summed E-state index contributed by atoms with van der Waals surface area (Å²) in [5.74, 6) is -1.98. The van der Waals surface area contributed by atoms with Crippen molar-refractivity contribution in [3.8, 4) is 0 Å². The Morgan fingerprint density at radius 2 is 2.00 bits per heavy atom. The predicted molar refractivity (Wildman–Crippen MR) is 61.9 cm³/mol. The minimum absolute atomic E-state index is 0.477. The standard InChI is InChI=1S/C12H13ClO4/c1-12(2)16-9(10(17-12)11(14)15)7-5-3-4-6-8(7)13/h3-6,9-10H,1-2H3,(H,14,15)/t9-,10+/m0/s1. The third-order valence-corrected chi connectivity index (χ3v) is 2.90. The van der Waals surface area contributed by atoms with E-state index in [9.17, 15) is 4.79 Å². The molecule has 1 aliphatic heterocycles. The number of hydrogen-bond acceptors (Lipinski definition) is 3. The number of ether oxygens (including phenoxy) is 2. The first-order valence-electron chi connectivity index (χ1n) is 5.23. The molecule has 0 spiro atoms. The number of aliphatic carboxylic acids is 1. The lowest BCUT2D eigenvalue weighted by Gasteiger charge is -2.17. The summed E-state index contributed by atoms with van der Waals surface area (Å²) in [5.41, 5.74) is 0.632. The quantitative estimate of drug-likeness (QED) is 0.884. The van der Waals surface area contributed by atoms with Crippen LogP contribution in [0, 0.1) is 0 Å². The average molecular weight is 257 g/mol. The number of carbonyl (C=O) groups is 1. The van der Waals surface area contributed by atoms with Gasteiger partial charge in [-0.2, -0.15) is 0 Å². The Morgan fingerprint density at radius 1 is 1.35 bits per heavy atom. The molecule has 1 saturated heterocycles. The van der Waals surface area contributed by atoms with Gasteiger partial charge in [0.2, 0.25) is 0 Å². The van der Waals surface area contributed by atoms with Crippen molar-refractivity contribution < 1.29 is 19.4 Å². The Hall–Kier alpha value is -1.10. The Kier molecular flexibility index (Phi) is 3.12. The van der Waals surface area contributed by atoms with Gasteiger partial charge in [-0.15, -0.1) is 0 Å². The van der Waals surface area contributed by atoms with Gasteiger partial charge in [0.25, 0.3) is 0 Å². The predicted octanol–water partition coefficient (Wildman–Crippen LogP) is 2.62. The van der Waals surface area contributed by atoms with Crippen LogP contribution in [-0.4, -0.2) is 23.0 Å². The molecule has 2 rings (SSSR count). The Bertz CT molecular complexity index is 444. The minimum Gasteiger partial charge on any atom is -0.479 e. The highest BCUT2D eigenvalue weighted by Gasteiger charge is 2.46. The zero-order chi connectivity index (χ0) is 12.6. The molecule has 0 aromatic heterocycles. The van der Waals surface area contributed by atoms with Gasteiger partial charge in [0.1, 0.15) is 6.10 Å². The normalized spacial score (nSPS) is 27.0. The van der Waals surface area contributed by atoms with Crippen LogP contribution in [0.2, 0.25) is 5.02 Å². The topological polar surface area (TPSA) is 55.8 Å². The van der Waals surface area contributed by atoms with Crippen molar-refractivity contribution in [1.82, 2.24) is 0 Å². The van der Waals surface area contributed by atoms with Crippen LogP contribution < -0.4 is 0 Å². The molecule has 0 unspecified atom stereocenters. The minimum atomic E-state index is -1.06. The molecule has 0 aliphatic carbocycles. The molecular formula is C12H13ClO4. The van der Waals surface area contributed by atoms with Crippen molar-refractivity contribution in [2.45, 2.75) is 31.8 Å². The lowest BCUT2D eigenvalue weighted by atomic mass is 10.0. The molecule has 1 aliphatic rings. The van der Waals surface area contributed by atoms with Crippen molar-refractivity contribution in [3.63, 3.8) is 0 Å². The summed E-state index contributed by atoms with van der Waals surface area (Å²) < 4.78 is 11.0. The van der Waals surface area contributed by atoms with Crippen LogP contribution in [0.5, 0.6) is 0 Å². The summed E-state index contributed by atoms with van der Waals surface area (Å²) in [6, 6.07) is 7.01. The second-order valence-corrected chi connectivity index (χ2v) is 4.74. The maximum Gasteiger partial charge on any atom is 0.336 e. The van der Waals surface area contributed by atoms with E-state index in [1.54, 1.807) is 38.1 Å². The number of carboxylic acid groups (broad SMARTS) is 1. The monoisotopic (exact) mass is 256 g/mol. The van der Waals surface area contributed by atoms with Crippen molar-refractivity contribution in [2.24, 2.45) is 0 Å². The molecule has 0 saturated carbocycles. The molecule has 1 fully saturated rings. The second-order valence-electron chi connectivity index (χ2n) is 4.34. The van der Waals surface area contributed by atoms with Gasteiger partial charge in [-0.05, 0) is 19.9 Å². The van der Waals surface area contributed by atoms with Crippen LogP contribution in [0.1, 0.15) is 25.5 Å². The first-order chi connectivity index (χ1) is 7.91. The maximum atomic E-state index is 11.1. The van der Waals surface area contributed by atoms with Crippen LogP contribution >= 0.6 is 11.6 Å². The van der Waals surface area contributed by atoms with Gasteiger partial charge in [0.15, 0.2) is 11.9 Å². The number of hydrogen-bond donors (Lipinski definition) is 1. The summed E-state index contributed by atoms with van der Waals surface area (Å²) in [6.07, 6.45) is -1.72. The fraction of sp³-hybridized carbons (Fsp3) is 0.417. The number of rotatable bonds is 2. The molecule has 1 heterocycles. The number of halogens is 1. The number of benzene rings is 1. The van der Waals surface area contributed by atoms with E-state index in [0.29, 0.717) is 10.6 Å². The fourth-order valence-electron chi connectivity index (χ4n) is 1.88. The summed E-state index contributed by atoms with van der Waals surface area (Å²) in [7, 11) is 0. The van der Waals surface area contributed by atoms with E-state index in [4.69, 9.17) is 26.2 Å². The van der Waals surface area contributed by atoms with Gasteiger partial charge in [-0.3, -0.25) is 0 Å². The van der Waals surface area contributed by atoms with Crippen LogP contribution in [-0.2, 0) is 14.3 Å². The van der Waals surface area contributed by atoms with Crippen LogP contribution in [0.25, 0.3) is 0 Å². The Balaban J connectivity index is 2.37. The van der Waals surface area contributed by atoms with Gasteiger partial charge in [-0.1, -0.05) is 29.8 Å². The molecule has 17 heavy (non-hydrogen) atoms. The third-order valence-electron chi connectivity index (χ3n) is 2.55. The molecule has 92 valence electrons. The molecule has 5 heteroatoms. The smallest absolute Gasteiger partial charge is 0.336 e. The molecular weight excluding hydrogens is 244 g/mol. The van der Waals surface area contributed by atoms with Crippen molar-refractivity contribution in [1.29, 1.82) is 0 Å². The maximum absolute atomic E-state index is 11.1. The zero-order valence-electron chi connectivity index (χ0n) is 9.51. The second kappa shape index (κ2) is 4.29. The first kappa shape index (κ1) is 12.4. The summed E-state index contributed by atoms with van der Waals surface area (Å²) in [5, 5.41) is 9.60. The van der Waals surface area contributed by atoms with E-state index in [2.05, 4.69) is 0 Å². The van der Waals surface area contributed by atoms with Crippen molar-refractivity contribution in [3.05, 3.63) is 34.9 Å². The average Bonchev–Trinajstić information content (AvgIpc) is 2.55. The summed E-state index contributed by atoms with van der Waals surface area (Å²) >= 11 is 6.04. The van der Waals surface area contributed by atoms with Gasteiger partial charge in [-0.25, -0.2) is 4.79 Å². The first-order valence-corrected chi connectivity index (χ1v) is 5.61. The van der Waals surface area contributed by atoms with Crippen LogP contribution in [0.4, 0.5) is 0 Å². The van der Waals surface area contributed by atoms with Gasteiger partial charge < -0.3 is 14.6 Å². The third kappa shape index (κ3) is 2.44. The molecule has 4 nitrogen and oxygen atoms in total. The van der Waals surface area contributed by atoms with Gasteiger partial charge >= 0.3 is 5.97 Å². The number of carboxylic acids is 1. The molecule has 1 aromatic rings. The lowest BCUT2D eigenvalue weighted by Crippen LogP contribution is -2.27. The summed E-state index contributed by atoms with van der Waals surface area (Å²) in [6.45, 7) is 3.36. The van der Waals surface area contributed by atoms with E-state index >= 15 is 0 Å². The highest BCUT2D eigenvalue weighted by molar-refractivity contribution is 6.31. The molecule has 0 radical (unpaired) electrons. The highest BCUT2D eigenvalue weighted by atomic mass is 35.5. The zero-order valence-corrected chi connectivity index (χ0v) is 10.3. The van der Waals surface area contributed by atoms with E-state index in [1.165, 1.54) is 0 Å². The molecule has 2 atom stereocenters. The van der Waals surface area contributed by atoms with Gasteiger partial charge in [0, 0.05) is 10.6 Å². The summed E-state index contributed by atoms with van der Waals surface area (Å²) in [4.78, 5) is 11.1. The Morgan fingerprint density at radius 3 is 2.59 bits per heavy atom. The largest absolute Gasteiger partial charge is 0.479 e. The SMILES string of the molecule is CC1(C)O[C@@H](C(=O)O)[C@H](c2ccccc2Cl)O1. The lowest BCUT2D eigenvalue weighted by molar-refractivity contribution is -0.165. The van der Waals surface area contributed by atoms with Crippen LogP contribution in [0.15, 0.2) is 24.3 Å². The molecule has 1 N–H and O–H groups in total. The van der Waals surface area contributed by atoms with Gasteiger partial charge in [0.05, 0.1) is 0 Å². The molecule has 0 amide bonds. The molecule has 1 aromatic carbocycles.